The van der Waals surface area contributed by atoms with Gasteiger partial charge in [-0.05, 0) is 38.1 Å². The Labute approximate surface area is 257 Å². The Kier molecular flexibility index (Phi) is 11.3. The first-order valence-corrected chi connectivity index (χ1v) is 13.7. The summed E-state index contributed by atoms with van der Waals surface area (Å²) in [5.41, 5.74) is -15.0. The first-order valence-electron chi connectivity index (χ1n) is 12.2. The highest BCUT2D eigenvalue weighted by Gasteiger charge is 2.96. The van der Waals surface area contributed by atoms with Crippen molar-refractivity contribution in [2.24, 2.45) is 5.41 Å². The number of quaternary nitrogens is 1. The Morgan fingerprint density at radius 1 is 0.646 bits per heavy atom. The molecular weight excluding hydrogens is 745 g/mol. The molecule has 25 heteroatoms. The van der Waals surface area contributed by atoms with Crippen LogP contribution in [0.15, 0.2) is 40.5 Å². The summed E-state index contributed by atoms with van der Waals surface area (Å²) in [6.45, 7) is 2.86. The van der Waals surface area contributed by atoms with E-state index < -0.39 is 92.2 Å². The fourth-order valence-corrected chi connectivity index (χ4v) is 5.40. The lowest BCUT2D eigenvalue weighted by atomic mass is 9.66. The van der Waals surface area contributed by atoms with E-state index in [1.807, 2.05) is 0 Å². The van der Waals surface area contributed by atoms with Crippen molar-refractivity contribution >= 4 is 10.0 Å². The summed E-state index contributed by atoms with van der Waals surface area (Å²) in [5, 5.41) is 0. The molecule has 48 heavy (non-hydrogen) atoms. The van der Waals surface area contributed by atoms with E-state index in [1.165, 1.54) is 6.92 Å². The Morgan fingerprint density at radius 3 is 1.29 bits per heavy atom. The number of ether oxygens (including phenoxy) is 1. The van der Waals surface area contributed by atoms with Crippen molar-refractivity contribution in [2.45, 2.75) is 73.6 Å². The molecule has 0 fully saturated rings. The summed E-state index contributed by atoms with van der Waals surface area (Å²) in [7, 11) is 0.130. The average molecular weight is 767 g/mol. The molecule has 0 bridgehead atoms. The summed E-state index contributed by atoms with van der Waals surface area (Å²) >= 11 is 0. The molecule has 1 rings (SSSR count). The predicted molar refractivity (Wildman–Crippen MR) is 124 cm³/mol. The van der Waals surface area contributed by atoms with Gasteiger partial charge in [-0.3, -0.25) is 0 Å². The average Bonchev–Trinajstić information content (AvgIpc) is 2.81. The van der Waals surface area contributed by atoms with E-state index in [1.54, 1.807) is 28.1 Å². The third-order valence-corrected chi connectivity index (χ3v) is 8.44. The lowest BCUT2D eigenvalue weighted by Gasteiger charge is -2.48. The summed E-state index contributed by atoms with van der Waals surface area (Å²) in [6.07, 6.45) is -41.4. The zero-order valence-corrected chi connectivity index (χ0v) is 25.0. The van der Waals surface area contributed by atoms with Crippen LogP contribution < -0.4 is 9.46 Å². The van der Waals surface area contributed by atoms with Gasteiger partial charge in [-0.15, -0.1) is 0 Å². The van der Waals surface area contributed by atoms with E-state index >= 15 is 0 Å². The molecule has 0 aromatic heterocycles. The molecule has 0 saturated carbocycles. The fourth-order valence-electron chi connectivity index (χ4n) is 4.08. The molecule has 1 aromatic carbocycles. The second-order valence-electron chi connectivity index (χ2n) is 10.9. The Balaban J connectivity index is 4.32. The van der Waals surface area contributed by atoms with Crippen LogP contribution in [0.3, 0.4) is 0 Å². The third-order valence-electron chi connectivity index (χ3n) is 6.86. The minimum Gasteiger partial charge on any atom is -0.452 e. The lowest BCUT2D eigenvalue weighted by molar-refractivity contribution is -0.895. The molecule has 2 atom stereocenters. The smallest absolute Gasteiger partial charge is 0.452 e. The van der Waals surface area contributed by atoms with E-state index in [-0.39, 0.29) is 28.7 Å². The second kappa shape index (κ2) is 12.6. The van der Waals surface area contributed by atoms with Gasteiger partial charge in [0.1, 0.15) is 17.4 Å². The highest BCUT2D eigenvalue weighted by Crippen LogP contribution is 2.72. The molecule has 1 N–H and O–H groups in total. The minimum absolute atomic E-state index is 0.130. The number of rotatable bonds is 10. The van der Waals surface area contributed by atoms with Gasteiger partial charge in [-0.25, -0.2) is 13.1 Å². The number of nitrogens with one attached hydrogen (secondary N) is 1. The van der Waals surface area contributed by atoms with Crippen LogP contribution in [0.5, 0.6) is 5.75 Å². The van der Waals surface area contributed by atoms with Crippen molar-refractivity contribution in [2.75, 3.05) is 21.1 Å². The molecule has 0 heterocycles. The number of sulfonamides is 1. The zero-order valence-electron chi connectivity index (χ0n) is 24.2. The van der Waals surface area contributed by atoms with Gasteiger partial charge in [0.15, 0.2) is 0 Å². The van der Waals surface area contributed by atoms with Crippen LogP contribution in [-0.4, -0.2) is 88.9 Å². The highest BCUT2D eigenvalue weighted by molar-refractivity contribution is 7.89. The maximum absolute atomic E-state index is 14.4. The number of likely N-dealkylation sites (N-methyl/N-ethyl adjacent to an activating group) is 1. The van der Waals surface area contributed by atoms with Crippen LogP contribution in [0.1, 0.15) is 13.8 Å². The Bertz CT molecular complexity index is 1400. The molecule has 0 saturated heterocycles. The van der Waals surface area contributed by atoms with E-state index in [4.69, 9.17) is 0 Å². The van der Waals surface area contributed by atoms with Gasteiger partial charge in [0.2, 0.25) is 21.2 Å². The van der Waals surface area contributed by atoms with E-state index in [2.05, 4.69) is 9.46 Å². The minimum atomic E-state index is -9.14. The molecule has 0 aliphatic rings. The first kappa shape index (κ1) is 43.3. The summed E-state index contributed by atoms with van der Waals surface area (Å²) in [5.74, 6) is -24.9. The Morgan fingerprint density at radius 2 is 1.02 bits per heavy atom. The van der Waals surface area contributed by atoms with Gasteiger partial charge in [0.25, 0.3) is 0 Å². The van der Waals surface area contributed by atoms with Crippen molar-refractivity contribution in [3.8, 4) is 5.75 Å². The maximum Gasteiger partial charge on any atom is 0.454 e. The van der Waals surface area contributed by atoms with Gasteiger partial charge in [0, 0.05) is 0 Å². The van der Waals surface area contributed by atoms with Crippen LogP contribution in [0, 0.1) is 5.41 Å². The van der Waals surface area contributed by atoms with Gasteiger partial charge >= 0.3 is 42.7 Å². The molecule has 0 spiro atoms. The predicted octanol–water partition coefficient (Wildman–Crippen LogP) is 8.15. The fraction of sp³-hybridized carbons (Fsp3) is 0.652. The number of alkyl halides is 19. The molecule has 0 radical (unpaired) electrons. The third kappa shape index (κ3) is 7.86. The van der Waals surface area contributed by atoms with Crippen molar-refractivity contribution in [3.63, 3.8) is 0 Å². The summed E-state index contributed by atoms with van der Waals surface area (Å²) in [4.78, 5) is -0.985. The number of allylic oxidation sites excluding steroid dienone is 2. The first-order chi connectivity index (χ1) is 20.7. The molecule has 280 valence electrons. The van der Waals surface area contributed by atoms with Crippen LogP contribution in [0.25, 0.3) is 0 Å². The van der Waals surface area contributed by atoms with E-state index in [9.17, 15) is 91.8 Å². The highest BCUT2D eigenvalue weighted by atomic mass is 32.2. The van der Waals surface area contributed by atoms with Gasteiger partial charge in [-0.2, -0.15) is 83.4 Å². The largest absolute Gasteiger partial charge is 0.454 e. The summed E-state index contributed by atoms with van der Waals surface area (Å²) in [6, 6.07) is -1.47. The molecule has 0 aliphatic heterocycles. The van der Waals surface area contributed by atoms with Crippen molar-refractivity contribution in [1.29, 1.82) is 0 Å². The SMILES string of the molecule is CC(NS(=O)(=O)c1ccc(OC(=C(C(F)(F)F)C(C(F)(F)F)(C(F)(F)C(F)(F)F)C(F)(F)C(F)(F)F)C(F)(F)F)cc1)C(C)[N+](C)(C)C. The number of nitrogens with zero attached hydrogens (tertiary/aromatic N) is 1. The molecule has 0 aliphatic carbocycles. The Hall–Kier alpha value is -2.70. The van der Waals surface area contributed by atoms with E-state index in [0.717, 1.165) is 0 Å². The molecule has 2 unspecified atom stereocenters. The van der Waals surface area contributed by atoms with Gasteiger partial charge in [0.05, 0.1) is 32.1 Å². The number of hydrogen-bond donors (Lipinski definition) is 1. The van der Waals surface area contributed by atoms with Crippen LogP contribution in [0.2, 0.25) is 0 Å². The monoisotopic (exact) mass is 767 g/mol. The number of benzene rings is 1. The summed E-state index contributed by atoms with van der Waals surface area (Å²) < 4.78 is 293. The molecular formula is C23H22F19N2O3S+. The lowest BCUT2D eigenvalue weighted by Crippen LogP contribution is -2.73. The van der Waals surface area contributed by atoms with Crippen molar-refractivity contribution < 1.29 is 101 Å². The quantitative estimate of drug-likeness (QED) is 0.149. The normalized spacial score (nSPS) is 17.2. The van der Waals surface area contributed by atoms with Crippen molar-refractivity contribution in [1.82, 2.24) is 4.72 Å². The maximum atomic E-state index is 14.4. The molecule has 1 aromatic rings. The number of hydrogen-bond acceptors (Lipinski definition) is 3. The topological polar surface area (TPSA) is 55.4 Å². The van der Waals surface area contributed by atoms with Crippen molar-refractivity contribution in [3.05, 3.63) is 35.6 Å². The zero-order chi connectivity index (χ0) is 38.7. The molecule has 0 amide bonds. The van der Waals surface area contributed by atoms with Crippen LogP contribution >= 0.6 is 0 Å². The second-order valence-corrected chi connectivity index (χ2v) is 12.6. The molecule has 5 nitrogen and oxygen atoms in total. The van der Waals surface area contributed by atoms with Gasteiger partial charge in [-0.1, -0.05) is 0 Å². The standard InChI is InChI=1S/C23H22F19N2O3S/c1-10(11(2)44(3,4)5)43-48(45,46)13-8-6-12(7-9-13)47-15(18(27,28)29)14(17(24,25)26)16(21(34,35)36,19(30,31)22(37,38)39)20(32,33)23(40,41)42/h6-11,43H,1-5H3/q+1. The van der Waals surface area contributed by atoms with E-state index in [0.29, 0.717) is 0 Å². The van der Waals surface area contributed by atoms with Crippen LogP contribution in [-0.2, 0) is 10.0 Å². The van der Waals surface area contributed by atoms with Crippen LogP contribution in [0.4, 0.5) is 83.4 Å². The van der Waals surface area contributed by atoms with Gasteiger partial charge < -0.3 is 9.22 Å². The number of halogens is 19.